The van der Waals surface area contributed by atoms with Gasteiger partial charge in [0.05, 0.1) is 11.9 Å². The van der Waals surface area contributed by atoms with Crippen molar-refractivity contribution in [2.75, 3.05) is 14.2 Å². The smallest absolute Gasteiger partial charge is 0.547 e. The van der Waals surface area contributed by atoms with Gasteiger partial charge in [0.2, 0.25) is 0 Å². The summed E-state index contributed by atoms with van der Waals surface area (Å²) >= 11 is 0. The minimum atomic E-state index is -1.97. The van der Waals surface area contributed by atoms with Crippen LogP contribution in [-0.4, -0.2) is 108 Å². The van der Waals surface area contributed by atoms with Crippen molar-refractivity contribution in [2.45, 2.75) is 61.4 Å². The Kier molecular flexibility index (Phi) is 12.8. The van der Waals surface area contributed by atoms with E-state index in [0.29, 0.717) is 0 Å². The van der Waals surface area contributed by atoms with E-state index in [-0.39, 0.29) is 59.1 Å². The Morgan fingerprint density at radius 2 is 1.14 bits per heavy atom. The Bertz CT molecular complexity index is 552. The number of aliphatic hydroxyl groups excluding tert-OH is 4. The molecule has 0 aromatic heterocycles. The van der Waals surface area contributed by atoms with E-state index in [1.165, 1.54) is 0 Å². The molecule has 2 fully saturated rings. The van der Waals surface area contributed by atoms with Gasteiger partial charge in [-0.2, -0.15) is 0 Å². The first-order valence-electron chi connectivity index (χ1n) is 7.80. The fourth-order valence-corrected chi connectivity index (χ4v) is 2.93. The van der Waals surface area contributed by atoms with Crippen molar-refractivity contribution in [3.63, 3.8) is 0 Å². The standard InChI is InChI=1S/C14H22O13.2Na/c1-23-7-3(15)6(18)14(27-9(7)11(19)20)25-8-4(16)5(17)13(24-2)26-10(8)12(21)22;;/h3-10,13-18H,1-2H3,(H,19,20)(H,21,22);;/q;2*+1/p-2/t3-,4-,5?,6?,7+,8+,9?,10?,13-,14-;;/m1../s1. The first kappa shape index (κ1) is 29.6. The molecule has 29 heavy (non-hydrogen) atoms. The molecule has 156 valence electrons. The molecule has 0 spiro atoms. The molecule has 15 heteroatoms. The van der Waals surface area contributed by atoms with Crippen LogP contribution < -0.4 is 69.3 Å². The van der Waals surface area contributed by atoms with E-state index in [9.17, 15) is 40.2 Å². The van der Waals surface area contributed by atoms with Crippen LogP contribution >= 0.6 is 0 Å². The molecule has 0 saturated carbocycles. The second-order valence-electron chi connectivity index (χ2n) is 5.99. The predicted octanol–water partition coefficient (Wildman–Crippen LogP) is -12.6. The maximum atomic E-state index is 11.3. The summed E-state index contributed by atoms with van der Waals surface area (Å²) in [5.41, 5.74) is 0. The maximum Gasteiger partial charge on any atom is 1.00 e. The Hall–Kier alpha value is 0.580. The van der Waals surface area contributed by atoms with Gasteiger partial charge in [0, 0.05) is 14.2 Å². The van der Waals surface area contributed by atoms with Gasteiger partial charge in [0.25, 0.3) is 0 Å². The minimum absolute atomic E-state index is 0. The Morgan fingerprint density at radius 1 is 0.724 bits per heavy atom. The van der Waals surface area contributed by atoms with Crippen LogP contribution in [0.15, 0.2) is 0 Å². The average Bonchev–Trinajstić information content (AvgIpc) is 2.62. The van der Waals surface area contributed by atoms with Crippen molar-refractivity contribution in [3.05, 3.63) is 0 Å². The Balaban J connectivity index is 0.00000392. The normalized spacial score (nSPS) is 42.3. The molecule has 10 atom stereocenters. The number of hydrogen-bond donors (Lipinski definition) is 4. The van der Waals surface area contributed by atoms with Crippen LogP contribution in [-0.2, 0) is 33.3 Å². The van der Waals surface area contributed by atoms with Gasteiger partial charge in [-0.1, -0.05) is 0 Å². The Morgan fingerprint density at radius 3 is 1.59 bits per heavy atom. The van der Waals surface area contributed by atoms with Gasteiger partial charge in [-0.05, 0) is 0 Å². The van der Waals surface area contributed by atoms with E-state index in [1.807, 2.05) is 0 Å². The number of aliphatic hydroxyl groups is 4. The van der Waals surface area contributed by atoms with Crippen LogP contribution in [0.3, 0.4) is 0 Å². The molecular weight excluding hydrogens is 422 g/mol. The van der Waals surface area contributed by atoms with Crippen molar-refractivity contribution in [1.29, 1.82) is 0 Å². The molecule has 2 heterocycles. The summed E-state index contributed by atoms with van der Waals surface area (Å²) in [7, 11) is 2.15. The second-order valence-corrected chi connectivity index (χ2v) is 5.99. The molecule has 4 unspecified atom stereocenters. The SMILES string of the molecule is CO[C@@H]1OC(C(=O)[O-])[C@@H](O[C@@H]2OC(C(=O)[O-])[C@@H](OC)[C@H](O)C2O)[C@H](O)C1O.[Na+].[Na+]. The van der Waals surface area contributed by atoms with E-state index in [4.69, 9.17) is 23.7 Å². The zero-order valence-electron chi connectivity index (χ0n) is 16.2. The quantitative estimate of drug-likeness (QED) is 0.282. The molecule has 2 rings (SSSR count). The maximum absolute atomic E-state index is 11.3. The Labute approximate surface area is 209 Å². The molecule has 2 saturated heterocycles. The van der Waals surface area contributed by atoms with Gasteiger partial charge in [-0.25, -0.2) is 0 Å². The van der Waals surface area contributed by atoms with Crippen molar-refractivity contribution in [1.82, 2.24) is 0 Å². The largest absolute Gasteiger partial charge is 1.00 e. The summed E-state index contributed by atoms with van der Waals surface area (Å²) in [5.74, 6) is -3.64. The third kappa shape index (κ3) is 6.31. The monoisotopic (exact) mass is 442 g/mol. The number of hydrogen-bond acceptors (Lipinski definition) is 13. The molecule has 13 nitrogen and oxygen atoms in total. The summed E-state index contributed by atoms with van der Waals surface area (Å²) in [6, 6.07) is 0. The first-order valence-corrected chi connectivity index (χ1v) is 7.80. The summed E-state index contributed by atoms with van der Waals surface area (Å²) in [6.07, 6.45) is -18.0. The van der Waals surface area contributed by atoms with E-state index in [0.717, 1.165) is 14.2 Å². The molecule has 4 N–H and O–H groups in total. The molecular formula is C14H20Na2O13. The molecule has 0 aromatic rings. The molecule has 0 aliphatic carbocycles. The number of ether oxygens (including phenoxy) is 5. The van der Waals surface area contributed by atoms with Gasteiger partial charge in [-0.3, -0.25) is 0 Å². The number of rotatable bonds is 6. The minimum Gasteiger partial charge on any atom is -0.547 e. The van der Waals surface area contributed by atoms with Crippen LogP contribution in [0.2, 0.25) is 0 Å². The molecule has 2 aliphatic heterocycles. The summed E-state index contributed by atoms with van der Waals surface area (Å²) in [6.45, 7) is 0. The van der Waals surface area contributed by atoms with Crippen molar-refractivity contribution >= 4 is 11.9 Å². The number of methoxy groups -OCH3 is 2. The summed E-state index contributed by atoms with van der Waals surface area (Å²) < 4.78 is 24.5. The fourth-order valence-electron chi connectivity index (χ4n) is 2.93. The van der Waals surface area contributed by atoms with Crippen LogP contribution in [0.25, 0.3) is 0 Å². The number of carbonyl (C=O) groups is 2. The number of carboxylic acids is 2. The summed E-state index contributed by atoms with van der Waals surface area (Å²) in [4.78, 5) is 22.5. The van der Waals surface area contributed by atoms with Crippen molar-refractivity contribution in [2.24, 2.45) is 0 Å². The van der Waals surface area contributed by atoms with Gasteiger partial charge in [0.1, 0.15) is 48.8 Å². The van der Waals surface area contributed by atoms with Crippen LogP contribution in [0.4, 0.5) is 0 Å². The van der Waals surface area contributed by atoms with Gasteiger partial charge in [-0.15, -0.1) is 0 Å². The van der Waals surface area contributed by atoms with Crippen LogP contribution in [0.1, 0.15) is 0 Å². The first-order chi connectivity index (χ1) is 12.6. The third-order valence-electron chi connectivity index (χ3n) is 4.35. The molecule has 0 amide bonds. The molecule has 0 bridgehead atoms. The van der Waals surface area contributed by atoms with E-state index >= 15 is 0 Å². The molecule has 2 aliphatic rings. The number of aliphatic carboxylic acids is 2. The van der Waals surface area contributed by atoms with E-state index in [2.05, 4.69) is 0 Å². The van der Waals surface area contributed by atoms with Gasteiger partial charge in [0.15, 0.2) is 12.6 Å². The molecule has 0 aromatic carbocycles. The summed E-state index contributed by atoms with van der Waals surface area (Å²) in [5, 5.41) is 62.6. The number of carbonyl (C=O) groups excluding carboxylic acids is 2. The second kappa shape index (κ2) is 12.6. The average molecular weight is 442 g/mol. The topological polar surface area (TPSA) is 207 Å². The van der Waals surface area contributed by atoms with Crippen molar-refractivity contribution < 1.29 is 123 Å². The van der Waals surface area contributed by atoms with Crippen LogP contribution in [0, 0.1) is 0 Å². The van der Waals surface area contributed by atoms with Crippen molar-refractivity contribution in [3.8, 4) is 0 Å². The number of carboxylic acid groups (broad SMARTS) is 2. The zero-order valence-corrected chi connectivity index (χ0v) is 20.2. The molecule has 0 radical (unpaired) electrons. The van der Waals surface area contributed by atoms with E-state index in [1.54, 1.807) is 0 Å². The zero-order chi connectivity index (χ0) is 20.5. The van der Waals surface area contributed by atoms with Gasteiger partial charge < -0.3 is 63.9 Å². The van der Waals surface area contributed by atoms with Crippen LogP contribution in [0.5, 0.6) is 0 Å². The third-order valence-corrected chi connectivity index (χ3v) is 4.35. The fraction of sp³-hybridized carbons (Fsp3) is 0.857. The van der Waals surface area contributed by atoms with Gasteiger partial charge >= 0.3 is 59.1 Å². The van der Waals surface area contributed by atoms with E-state index < -0.39 is 73.4 Å². The predicted molar refractivity (Wildman–Crippen MR) is 74.0 cm³/mol.